The molecule has 7 nitrogen and oxygen atoms in total. The standard InChI is InChI=1S/C23H23F3N4O3S/c1-12-7-15(10-16(8-12)29-21-27-6-4-18(30-21)23(24,25)26)17-11-28-20(34-17)22(33)5-3-14(19(31)32)9-13(22)2/h4,6-8,10-11,13-14,33H,3,5,9H2,1-2H3,(H,31,32)(H,27,29,30). The SMILES string of the molecule is Cc1cc(Nc2nccc(C(F)(F)F)n2)cc(-c2cnc(C3(O)CCC(C(=O)O)CC3C)s2)c1. The first kappa shape index (κ1) is 24.1. The molecule has 0 radical (unpaired) electrons. The molecular weight excluding hydrogens is 469 g/mol. The van der Waals surface area contributed by atoms with Gasteiger partial charge in [-0.3, -0.25) is 4.79 Å². The Balaban J connectivity index is 1.58. The lowest BCUT2D eigenvalue weighted by molar-refractivity contribution is -0.147. The molecule has 3 atom stereocenters. The van der Waals surface area contributed by atoms with E-state index in [0.29, 0.717) is 30.0 Å². The first-order chi connectivity index (χ1) is 16.0. The van der Waals surface area contributed by atoms with E-state index < -0.39 is 29.4 Å². The van der Waals surface area contributed by atoms with Gasteiger partial charge in [0, 0.05) is 18.1 Å². The van der Waals surface area contributed by atoms with E-state index in [1.165, 1.54) is 11.3 Å². The van der Waals surface area contributed by atoms with Crippen molar-refractivity contribution in [2.75, 3.05) is 5.32 Å². The summed E-state index contributed by atoms with van der Waals surface area (Å²) in [5.74, 6) is -1.76. The van der Waals surface area contributed by atoms with Gasteiger partial charge in [-0.25, -0.2) is 15.0 Å². The minimum atomic E-state index is -4.57. The molecule has 180 valence electrons. The molecule has 0 aliphatic heterocycles. The molecule has 2 heterocycles. The number of thiazole rings is 1. The van der Waals surface area contributed by atoms with Gasteiger partial charge in [-0.2, -0.15) is 13.2 Å². The number of nitrogens with zero attached hydrogens (tertiary/aromatic N) is 3. The summed E-state index contributed by atoms with van der Waals surface area (Å²) in [7, 11) is 0. The lowest BCUT2D eigenvalue weighted by atomic mass is 9.72. The number of halogens is 3. The highest BCUT2D eigenvalue weighted by atomic mass is 32.1. The number of aromatic nitrogens is 3. The van der Waals surface area contributed by atoms with E-state index in [2.05, 4.69) is 20.3 Å². The molecule has 2 aromatic heterocycles. The van der Waals surface area contributed by atoms with Crippen LogP contribution >= 0.6 is 11.3 Å². The summed E-state index contributed by atoms with van der Waals surface area (Å²) in [6.45, 7) is 3.69. The molecule has 0 bridgehead atoms. The Labute approximate surface area is 197 Å². The predicted octanol–water partition coefficient (Wildman–Crippen LogP) is 5.38. The third-order valence-electron chi connectivity index (χ3n) is 6.12. The van der Waals surface area contributed by atoms with Crippen LogP contribution in [0.4, 0.5) is 24.8 Å². The number of aliphatic carboxylic acids is 1. The Morgan fingerprint density at radius 3 is 2.71 bits per heavy atom. The van der Waals surface area contributed by atoms with E-state index in [9.17, 15) is 28.2 Å². The topological polar surface area (TPSA) is 108 Å². The molecule has 0 spiro atoms. The van der Waals surface area contributed by atoms with Crippen molar-refractivity contribution in [3.8, 4) is 10.4 Å². The van der Waals surface area contributed by atoms with E-state index in [0.717, 1.165) is 28.3 Å². The largest absolute Gasteiger partial charge is 0.481 e. The summed E-state index contributed by atoms with van der Waals surface area (Å²) >= 11 is 1.32. The summed E-state index contributed by atoms with van der Waals surface area (Å²) in [5.41, 5.74) is -0.0981. The quantitative estimate of drug-likeness (QED) is 0.439. The van der Waals surface area contributed by atoms with Gasteiger partial charge in [-0.05, 0) is 61.4 Å². The van der Waals surface area contributed by atoms with Crippen LogP contribution in [0.2, 0.25) is 0 Å². The van der Waals surface area contributed by atoms with Gasteiger partial charge < -0.3 is 15.5 Å². The second kappa shape index (κ2) is 8.95. The Morgan fingerprint density at radius 2 is 2.03 bits per heavy atom. The number of hydrogen-bond acceptors (Lipinski definition) is 7. The van der Waals surface area contributed by atoms with Crippen molar-refractivity contribution >= 4 is 28.9 Å². The Bertz CT molecular complexity index is 1220. The molecule has 4 rings (SSSR count). The summed E-state index contributed by atoms with van der Waals surface area (Å²) in [6.07, 6.45) is -0.821. The molecule has 3 aromatic rings. The first-order valence-corrected chi connectivity index (χ1v) is 11.5. The maximum atomic E-state index is 13.0. The van der Waals surface area contributed by atoms with Crippen molar-refractivity contribution in [3.63, 3.8) is 0 Å². The van der Waals surface area contributed by atoms with Crippen LogP contribution in [0.3, 0.4) is 0 Å². The third-order valence-corrected chi connectivity index (χ3v) is 7.33. The lowest BCUT2D eigenvalue weighted by Crippen LogP contribution is -2.40. The second-order valence-corrected chi connectivity index (χ2v) is 9.67. The molecule has 0 amide bonds. The monoisotopic (exact) mass is 492 g/mol. The first-order valence-electron chi connectivity index (χ1n) is 10.7. The zero-order valence-corrected chi connectivity index (χ0v) is 19.2. The minimum Gasteiger partial charge on any atom is -0.481 e. The fraction of sp³-hybridized carbons (Fsp3) is 0.391. The lowest BCUT2D eigenvalue weighted by Gasteiger charge is -2.38. The van der Waals surface area contributed by atoms with Crippen LogP contribution in [-0.2, 0) is 16.6 Å². The predicted molar refractivity (Wildman–Crippen MR) is 121 cm³/mol. The van der Waals surface area contributed by atoms with Crippen LogP contribution in [0.15, 0.2) is 36.7 Å². The van der Waals surface area contributed by atoms with Crippen molar-refractivity contribution in [1.29, 1.82) is 0 Å². The number of anilines is 2. The van der Waals surface area contributed by atoms with Crippen LogP contribution in [0.5, 0.6) is 0 Å². The summed E-state index contributed by atoms with van der Waals surface area (Å²) in [4.78, 5) is 24.0. The number of nitrogens with one attached hydrogen (secondary N) is 1. The fourth-order valence-corrected chi connectivity index (χ4v) is 5.37. The van der Waals surface area contributed by atoms with Gasteiger partial charge in [0.15, 0.2) is 0 Å². The highest BCUT2D eigenvalue weighted by molar-refractivity contribution is 7.15. The van der Waals surface area contributed by atoms with Crippen LogP contribution in [0, 0.1) is 18.8 Å². The van der Waals surface area contributed by atoms with Crippen LogP contribution in [0.25, 0.3) is 10.4 Å². The Hall–Kier alpha value is -3.05. The second-order valence-electron chi connectivity index (χ2n) is 8.64. The molecule has 1 saturated carbocycles. The maximum Gasteiger partial charge on any atom is 0.433 e. The molecule has 1 aliphatic rings. The number of carbonyl (C=O) groups is 1. The fourth-order valence-electron chi connectivity index (χ4n) is 4.23. The zero-order chi connectivity index (χ0) is 24.7. The average Bonchev–Trinajstić information content (AvgIpc) is 3.26. The van der Waals surface area contributed by atoms with Gasteiger partial charge in [-0.15, -0.1) is 11.3 Å². The molecule has 3 unspecified atom stereocenters. The molecule has 0 saturated heterocycles. The van der Waals surface area contributed by atoms with Gasteiger partial charge in [0.25, 0.3) is 0 Å². The van der Waals surface area contributed by atoms with Gasteiger partial charge in [0.2, 0.25) is 5.95 Å². The van der Waals surface area contributed by atoms with Crippen molar-refractivity contribution in [1.82, 2.24) is 15.0 Å². The number of carboxylic acids is 1. The highest BCUT2D eigenvalue weighted by Gasteiger charge is 2.44. The van der Waals surface area contributed by atoms with E-state index in [1.54, 1.807) is 18.3 Å². The van der Waals surface area contributed by atoms with E-state index in [4.69, 9.17) is 0 Å². The molecule has 34 heavy (non-hydrogen) atoms. The van der Waals surface area contributed by atoms with Crippen LogP contribution in [0.1, 0.15) is 42.5 Å². The van der Waals surface area contributed by atoms with Crippen LogP contribution in [-0.4, -0.2) is 31.1 Å². The van der Waals surface area contributed by atoms with Gasteiger partial charge in [0.1, 0.15) is 16.3 Å². The zero-order valence-electron chi connectivity index (χ0n) is 18.4. The number of aliphatic hydroxyl groups is 1. The summed E-state index contributed by atoms with van der Waals surface area (Å²) in [5, 5.41) is 23.9. The molecule has 11 heteroatoms. The van der Waals surface area contributed by atoms with E-state index >= 15 is 0 Å². The molecule has 1 aliphatic carbocycles. The normalized spacial score (nSPS) is 23.0. The molecule has 3 N–H and O–H groups in total. The van der Waals surface area contributed by atoms with Crippen LogP contribution < -0.4 is 5.32 Å². The van der Waals surface area contributed by atoms with Crippen molar-refractivity contribution in [3.05, 3.63) is 52.9 Å². The minimum absolute atomic E-state index is 0.172. The van der Waals surface area contributed by atoms with Crippen molar-refractivity contribution in [2.24, 2.45) is 11.8 Å². The summed E-state index contributed by atoms with van der Waals surface area (Å²) in [6, 6.07) is 6.23. The summed E-state index contributed by atoms with van der Waals surface area (Å²) < 4.78 is 38.9. The van der Waals surface area contributed by atoms with Gasteiger partial charge in [0.05, 0.1) is 10.8 Å². The van der Waals surface area contributed by atoms with Gasteiger partial charge in [-0.1, -0.05) is 13.0 Å². The van der Waals surface area contributed by atoms with Gasteiger partial charge >= 0.3 is 12.1 Å². The maximum absolute atomic E-state index is 13.0. The van der Waals surface area contributed by atoms with E-state index in [1.807, 2.05) is 19.9 Å². The molecule has 1 aromatic carbocycles. The smallest absolute Gasteiger partial charge is 0.433 e. The number of rotatable bonds is 5. The number of benzene rings is 1. The molecular formula is C23H23F3N4O3S. The van der Waals surface area contributed by atoms with Crippen molar-refractivity contribution < 1.29 is 28.2 Å². The molecule has 1 fully saturated rings. The average molecular weight is 493 g/mol. The highest BCUT2D eigenvalue weighted by Crippen LogP contribution is 2.46. The number of alkyl halides is 3. The number of carboxylic acid groups (broad SMARTS) is 1. The Kier molecular flexibility index (Phi) is 6.34. The number of aryl methyl sites for hydroxylation is 1. The number of hydrogen-bond donors (Lipinski definition) is 3. The Morgan fingerprint density at radius 1 is 1.26 bits per heavy atom. The van der Waals surface area contributed by atoms with Crippen molar-refractivity contribution in [2.45, 2.75) is 44.9 Å². The third kappa shape index (κ3) is 4.90. The van der Waals surface area contributed by atoms with E-state index in [-0.39, 0.29) is 11.9 Å².